The van der Waals surface area contributed by atoms with E-state index in [1.165, 1.54) is 44.5 Å². The Morgan fingerprint density at radius 2 is 0.916 bits per heavy atom. The molecule has 408 valence electrons. The van der Waals surface area contributed by atoms with Crippen LogP contribution in [0.2, 0.25) is 0 Å². The van der Waals surface area contributed by atoms with E-state index in [0.29, 0.717) is 34.2 Å². The van der Waals surface area contributed by atoms with Gasteiger partial charge in [-0.15, -0.1) is 23.8 Å². The van der Waals surface area contributed by atoms with Crippen molar-refractivity contribution < 1.29 is 30.2 Å². The first-order valence-corrected chi connectivity index (χ1v) is 28.7. The summed E-state index contributed by atoms with van der Waals surface area (Å²) < 4.78 is 18.9. The Morgan fingerprint density at radius 3 is 1.49 bits per heavy atom. The topological polar surface area (TPSA) is 70.9 Å². The molecule has 0 atom stereocenters. The number of fused-ring (bicyclic) bond motifs is 8. The monoisotopic (exact) mass is 1260 g/mol. The van der Waals surface area contributed by atoms with E-state index in [1.807, 2.05) is 18.2 Å². The van der Waals surface area contributed by atoms with E-state index >= 15 is 0 Å². The first-order chi connectivity index (χ1) is 39.9. The Bertz CT molecular complexity index is 4740. The van der Waals surface area contributed by atoms with Crippen LogP contribution < -0.4 is 4.74 Å². The van der Waals surface area contributed by atoms with Crippen molar-refractivity contribution in [2.75, 3.05) is 0 Å². The fourth-order valence-electron chi connectivity index (χ4n) is 12.2. The standard InChI is InChI=1S/C75H61N5O2.Pt/c1-44(2)57-37-52(48-22-11-9-12-23-48)38-58(45(3)4)70(57)79-68-32-19-17-30-66(68)76-73(79)51-27-21-28-54(36-51)81-55-41-62-63-43-61-56-29-16-15-26-50(56)34-35-65(61)78-75(63)82-72(62)64(42-55)74-77-67-31-18-20-33-69(67)80(74)71-59(46(5)6)39-53(40-60(71)47(7)8)49-24-13-10-14-25-49;/h9-35,37-41,43-47H,1-8H3;/q-2;+2. The molecule has 0 radical (unpaired) electrons. The summed E-state index contributed by atoms with van der Waals surface area (Å²) in [5.74, 6) is 3.23. The Kier molecular flexibility index (Phi) is 13.8. The Hall–Kier alpha value is -8.90. The molecule has 0 aliphatic heterocycles. The predicted molar refractivity (Wildman–Crippen MR) is 338 cm³/mol. The Balaban J connectivity index is 0.00000645. The van der Waals surface area contributed by atoms with Gasteiger partial charge in [0.05, 0.1) is 44.8 Å². The number of imidazole rings is 2. The number of hydrogen-bond acceptors (Lipinski definition) is 5. The van der Waals surface area contributed by atoms with E-state index in [4.69, 9.17) is 24.1 Å². The second-order valence-corrected chi connectivity index (χ2v) is 23.0. The molecular weight excluding hydrogens is 1200 g/mol. The smallest absolute Gasteiger partial charge is 0.497 e. The van der Waals surface area contributed by atoms with Gasteiger partial charge in [-0.3, -0.25) is 9.97 Å². The van der Waals surface area contributed by atoms with Crippen LogP contribution in [0.3, 0.4) is 0 Å². The fourth-order valence-corrected chi connectivity index (χ4v) is 12.2. The number of furan rings is 1. The van der Waals surface area contributed by atoms with Gasteiger partial charge in [-0.2, -0.15) is 0 Å². The van der Waals surface area contributed by atoms with E-state index in [-0.39, 0.29) is 44.7 Å². The molecule has 4 aromatic heterocycles. The third kappa shape index (κ3) is 9.32. The summed E-state index contributed by atoms with van der Waals surface area (Å²) in [4.78, 5) is 16.2. The van der Waals surface area contributed by atoms with Crippen LogP contribution in [-0.4, -0.2) is 24.1 Å². The Morgan fingerprint density at radius 1 is 0.398 bits per heavy atom. The number of benzene rings is 10. The molecule has 10 aromatic carbocycles. The van der Waals surface area contributed by atoms with Crippen LogP contribution in [0.5, 0.6) is 11.5 Å². The zero-order valence-electron chi connectivity index (χ0n) is 47.7. The van der Waals surface area contributed by atoms with Gasteiger partial charge in [0.25, 0.3) is 0 Å². The average molecular weight is 1260 g/mol. The molecule has 14 aromatic rings. The number of hydrogen-bond donors (Lipinski definition) is 0. The first-order valence-electron chi connectivity index (χ1n) is 28.7. The minimum atomic E-state index is 0. The van der Waals surface area contributed by atoms with Gasteiger partial charge < -0.3 is 18.3 Å². The van der Waals surface area contributed by atoms with Gasteiger partial charge >= 0.3 is 21.1 Å². The second kappa shape index (κ2) is 21.4. The van der Waals surface area contributed by atoms with Crippen LogP contribution >= 0.6 is 0 Å². The van der Waals surface area contributed by atoms with Crippen molar-refractivity contribution >= 4 is 65.8 Å². The number of rotatable bonds is 12. The summed E-state index contributed by atoms with van der Waals surface area (Å²) in [6.45, 7) is 18.3. The maximum Gasteiger partial charge on any atom is 2.00 e. The molecule has 7 nitrogen and oxygen atoms in total. The quantitative estimate of drug-likeness (QED) is 0.0900. The molecule has 8 heteroatoms. The van der Waals surface area contributed by atoms with Crippen molar-refractivity contribution in [1.82, 2.24) is 24.1 Å². The molecule has 0 saturated carbocycles. The van der Waals surface area contributed by atoms with Crippen LogP contribution in [0, 0.1) is 12.1 Å². The van der Waals surface area contributed by atoms with Crippen LogP contribution in [0.25, 0.3) is 122 Å². The molecule has 14 rings (SSSR count). The van der Waals surface area contributed by atoms with Gasteiger partial charge in [0, 0.05) is 33.6 Å². The maximum absolute atomic E-state index is 7.16. The summed E-state index contributed by atoms with van der Waals surface area (Å²) in [5.41, 5.74) is 19.2. The van der Waals surface area contributed by atoms with Gasteiger partial charge in [-0.25, -0.2) is 4.98 Å². The van der Waals surface area contributed by atoms with Crippen molar-refractivity contribution in [2.24, 2.45) is 0 Å². The van der Waals surface area contributed by atoms with Crippen molar-refractivity contribution in [3.05, 3.63) is 235 Å². The normalized spacial score (nSPS) is 12.0. The van der Waals surface area contributed by atoms with E-state index in [0.717, 1.165) is 77.3 Å². The van der Waals surface area contributed by atoms with Crippen molar-refractivity contribution in [2.45, 2.75) is 79.1 Å². The SMILES string of the molecule is CC(C)c1cc(-c2ccccc2)cc(C(C)C)c1-n1c(-c2[c-]c(Oc3[c-]c(-c4nc5ccccc5n4-c4c(C(C)C)cc(-c5ccccc5)cc4C(C)C)c4oc5nc6ccc7ccccc7c6cc5c4c3)ccc2)nc2ccccc21.[Pt+2]. The maximum atomic E-state index is 7.16. The van der Waals surface area contributed by atoms with E-state index < -0.39 is 0 Å². The van der Waals surface area contributed by atoms with Crippen LogP contribution in [0.4, 0.5) is 0 Å². The number of pyridine rings is 1. The second-order valence-electron chi connectivity index (χ2n) is 23.0. The molecule has 0 amide bonds. The zero-order valence-corrected chi connectivity index (χ0v) is 50.0. The van der Waals surface area contributed by atoms with Crippen molar-refractivity contribution in [3.8, 4) is 67.9 Å². The number of aromatic nitrogens is 5. The number of para-hydroxylation sites is 4. The molecule has 0 bridgehead atoms. The summed E-state index contributed by atoms with van der Waals surface area (Å²) in [6, 6.07) is 78.2. The molecular formula is C75H61N5O2Pt. The van der Waals surface area contributed by atoms with Gasteiger partial charge in [0.15, 0.2) is 0 Å². The minimum Gasteiger partial charge on any atom is -0.497 e. The van der Waals surface area contributed by atoms with Crippen LogP contribution in [0.1, 0.15) is 101 Å². The molecule has 0 aliphatic rings. The molecule has 4 heterocycles. The van der Waals surface area contributed by atoms with E-state index in [1.54, 1.807) is 0 Å². The third-order valence-corrected chi connectivity index (χ3v) is 16.2. The molecule has 83 heavy (non-hydrogen) atoms. The Labute approximate surface area is 498 Å². The largest absolute Gasteiger partial charge is 2.00 e. The molecule has 0 spiro atoms. The van der Waals surface area contributed by atoms with Crippen LogP contribution in [0.15, 0.2) is 205 Å². The first kappa shape index (κ1) is 53.4. The predicted octanol–water partition coefficient (Wildman–Crippen LogP) is 20.5. The molecule has 0 fully saturated rings. The van der Waals surface area contributed by atoms with Gasteiger partial charge in [0.1, 0.15) is 0 Å². The molecule has 0 N–H and O–H groups in total. The van der Waals surface area contributed by atoms with Crippen molar-refractivity contribution in [3.63, 3.8) is 0 Å². The summed E-state index contributed by atoms with van der Waals surface area (Å²) in [5, 5.41) is 5.01. The summed E-state index contributed by atoms with van der Waals surface area (Å²) in [6.07, 6.45) is 0. The average Bonchev–Trinajstić information content (AvgIpc) is 2.16. The van der Waals surface area contributed by atoms with E-state index in [2.05, 4.69) is 259 Å². The minimum absolute atomic E-state index is 0. The van der Waals surface area contributed by atoms with Gasteiger partial charge in [-0.05, 0) is 145 Å². The van der Waals surface area contributed by atoms with E-state index in [9.17, 15) is 0 Å². The number of nitrogens with zero attached hydrogens (tertiary/aromatic N) is 5. The third-order valence-electron chi connectivity index (χ3n) is 16.2. The van der Waals surface area contributed by atoms with Gasteiger partial charge in [0.2, 0.25) is 5.71 Å². The molecule has 0 saturated heterocycles. The zero-order chi connectivity index (χ0) is 55.9. The fraction of sp³-hybridized carbons (Fsp3) is 0.160. The number of ether oxygens (including phenoxy) is 1. The molecule has 0 aliphatic carbocycles. The van der Waals surface area contributed by atoms with Crippen molar-refractivity contribution in [1.29, 1.82) is 0 Å². The summed E-state index contributed by atoms with van der Waals surface area (Å²) in [7, 11) is 0. The summed E-state index contributed by atoms with van der Waals surface area (Å²) >= 11 is 0. The van der Waals surface area contributed by atoms with Gasteiger partial charge in [-0.1, -0.05) is 194 Å². The van der Waals surface area contributed by atoms with Crippen LogP contribution in [-0.2, 0) is 21.1 Å². The molecule has 0 unspecified atom stereocenters.